The van der Waals surface area contributed by atoms with Gasteiger partial charge in [0.2, 0.25) is 0 Å². The molecule has 0 spiro atoms. The highest BCUT2D eigenvalue weighted by molar-refractivity contribution is 5.80. The van der Waals surface area contributed by atoms with Gasteiger partial charge in [-0.25, -0.2) is 4.98 Å². The van der Waals surface area contributed by atoms with E-state index in [1.165, 1.54) is 5.56 Å². The maximum atomic E-state index is 11.2. The summed E-state index contributed by atoms with van der Waals surface area (Å²) in [5.74, 6) is 0.914. The van der Waals surface area contributed by atoms with Crippen molar-refractivity contribution in [2.75, 3.05) is 6.61 Å². The number of nitrogens with zero attached hydrogens (tertiary/aromatic N) is 2. The molecule has 5 nitrogen and oxygen atoms in total. The van der Waals surface area contributed by atoms with Crippen molar-refractivity contribution in [1.82, 2.24) is 9.55 Å². The van der Waals surface area contributed by atoms with Crippen LogP contribution < -0.4 is 4.74 Å². The van der Waals surface area contributed by atoms with Crippen LogP contribution in [0.5, 0.6) is 5.75 Å². The van der Waals surface area contributed by atoms with Crippen molar-refractivity contribution in [1.29, 1.82) is 0 Å². The summed E-state index contributed by atoms with van der Waals surface area (Å²) in [6, 6.07) is 26.5. The fourth-order valence-corrected chi connectivity index (χ4v) is 3.73. The normalized spacial score (nSPS) is 11.6. The molecule has 1 N–H and O–H groups in total. The van der Waals surface area contributed by atoms with Gasteiger partial charge in [0.15, 0.2) is 0 Å². The van der Waals surface area contributed by atoms with Crippen LogP contribution in [-0.4, -0.2) is 27.2 Å². The summed E-state index contributed by atoms with van der Waals surface area (Å²) in [5, 5.41) is 9.22. The number of fused-ring (bicyclic) bond motifs is 1. The number of carboxylic acid groups (broad SMARTS) is 1. The number of ether oxygens (including phenoxy) is 1. The van der Waals surface area contributed by atoms with Crippen molar-refractivity contribution < 1.29 is 14.6 Å². The lowest BCUT2D eigenvalue weighted by atomic mass is 9.88. The molecular weight excluding hydrogens is 400 g/mol. The maximum absolute atomic E-state index is 11.2. The van der Waals surface area contributed by atoms with Gasteiger partial charge in [-0.15, -0.1) is 0 Å². The Hall–Kier alpha value is -3.60. The van der Waals surface area contributed by atoms with E-state index in [0.29, 0.717) is 19.4 Å². The molecule has 3 aromatic carbocycles. The second-order valence-electron chi connectivity index (χ2n) is 8.66. The van der Waals surface area contributed by atoms with Crippen LogP contribution in [0.4, 0.5) is 0 Å². The Morgan fingerprint density at radius 1 is 0.969 bits per heavy atom. The van der Waals surface area contributed by atoms with E-state index >= 15 is 0 Å². The summed E-state index contributed by atoms with van der Waals surface area (Å²) >= 11 is 0. The summed E-state index contributed by atoms with van der Waals surface area (Å²) in [6.45, 7) is 4.72. The molecule has 32 heavy (non-hydrogen) atoms. The van der Waals surface area contributed by atoms with Crippen molar-refractivity contribution in [2.24, 2.45) is 5.41 Å². The van der Waals surface area contributed by atoms with E-state index in [0.717, 1.165) is 34.7 Å². The molecule has 0 aliphatic heterocycles. The van der Waals surface area contributed by atoms with Gasteiger partial charge in [-0.2, -0.15) is 0 Å². The highest BCUT2D eigenvalue weighted by atomic mass is 16.5. The number of carbonyl (C=O) groups is 1. The molecule has 0 aliphatic carbocycles. The van der Waals surface area contributed by atoms with Gasteiger partial charge in [0, 0.05) is 12.1 Å². The number of aromatic nitrogens is 2. The lowest BCUT2D eigenvalue weighted by molar-refractivity contribution is -0.147. The van der Waals surface area contributed by atoms with Crippen molar-refractivity contribution in [3.05, 3.63) is 84.4 Å². The number of hydrogen-bond acceptors (Lipinski definition) is 3. The highest BCUT2D eigenvalue weighted by Gasteiger charge is 2.26. The molecule has 1 heterocycles. The first-order valence-corrected chi connectivity index (χ1v) is 10.9. The minimum Gasteiger partial charge on any atom is -0.494 e. The van der Waals surface area contributed by atoms with E-state index < -0.39 is 11.4 Å². The second-order valence-corrected chi connectivity index (χ2v) is 8.66. The molecule has 0 atom stereocenters. The van der Waals surface area contributed by atoms with Crippen LogP contribution in [0.15, 0.2) is 78.9 Å². The average Bonchev–Trinajstić information content (AvgIpc) is 3.16. The first-order chi connectivity index (χ1) is 15.4. The summed E-state index contributed by atoms with van der Waals surface area (Å²) in [4.78, 5) is 16.1. The minimum atomic E-state index is -0.778. The highest BCUT2D eigenvalue weighted by Crippen LogP contribution is 2.28. The Labute approximate surface area is 188 Å². The summed E-state index contributed by atoms with van der Waals surface area (Å²) in [5.41, 5.74) is 3.59. The predicted molar refractivity (Wildman–Crippen MR) is 127 cm³/mol. The van der Waals surface area contributed by atoms with Gasteiger partial charge in [-0.05, 0) is 68.7 Å². The number of imidazole rings is 1. The molecule has 0 aliphatic rings. The quantitative estimate of drug-likeness (QED) is 0.331. The van der Waals surface area contributed by atoms with Gasteiger partial charge < -0.3 is 14.4 Å². The predicted octanol–water partition coefficient (Wildman–Crippen LogP) is 6.02. The number of rotatable bonds is 9. The fourth-order valence-electron chi connectivity index (χ4n) is 3.73. The first kappa shape index (κ1) is 21.6. The van der Waals surface area contributed by atoms with Crippen molar-refractivity contribution in [3.63, 3.8) is 0 Å². The number of benzene rings is 3. The molecule has 0 fully saturated rings. The van der Waals surface area contributed by atoms with Crippen LogP contribution in [0.3, 0.4) is 0 Å². The zero-order chi connectivity index (χ0) is 22.6. The van der Waals surface area contributed by atoms with Crippen LogP contribution >= 0.6 is 0 Å². The van der Waals surface area contributed by atoms with E-state index in [4.69, 9.17) is 9.72 Å². The van der Waals surface area contributed by atoms with Gasteiger partial charge in [-0.3, -0.25) is 4.79 Å². The Balaban J connectivity index is 1.51. The molecule has 5 heteroatoms. The lowest BCUT2D eigenvalue weighted by Gasteiger charge is -2.18. The lowest BCUT2D eigenvalue weighted by Crippen LogP contribution is -2.24. The molecule has 4 aromatic rings. The molecular formula is C27H28N2O3. The third kappa shape index (κ3) is 4.83. The average molecular weight is 429 g/mol. The van der Waals surface area contributed by atoms with E-state index in [1.54, 1.807) is 13.8 Å². The molecule has 1 aromatic heterocycles. The van der Waals surface area contributed by atoms with Crippen molar-refractivity contribution in [3.8, 4) is 17.1 Å². The van der Waals surface area contributed by atoms with Gasteiger partial charge in [-0.1, -0.05) is 42.5 Å². The molecule has 4 rings (SSSR count). The Morgan fingerprint density at radius 2 is 1.66 bits per heavy atom. The summed E-state index contributed by atoms with van der Waals surface area (Å²) < 4.78 is 8.08. The first-order valence-electron chi connectivity index (χ1n) is 10.9. The topological polar surface area (TPSA) is 64.4 Å². The van der Waals surface area contributed by atoms with Crippen LogP contribution in [0, 0.1) is 5.41 Å². The molecule has 0 amide bonds. The molecule has 0 saturated heterocycles. The molecule has 0 radical (unpaired) electrons. The second kappa shape index (κ2) is 9.27. The Morgan fingerprint density at radius 3 is 2.38 bits per heavy atom. The fraction of sp³-hybridized carbons (Fsp3) is 0.259. The van der Waals surface area contributed by atoms with Crippen LogP contribution in [0.2, 0.25) is 0 Å². The van der Waals surface area contributed by atoms with Crippen molar-refractivity contribution in [2.45, 2.75) is 33.2 Å². The van der Waals surface area contributed by atoms with Crippen LogP contribution in [-0.2, 0) is 11.3 Å². The molecule has 164 valence electrons. The zero-order valence-electron chi connectivity index (χ0n) is 18.5. The number of para-hydroxylation sites is 2. The van der Waals surface area contributed by atoms with E-state index in [2.05, 4.69) is 34.9 Å². The third-order valence-electron chi connectivity index (χ3n) is 5.74. The molecule has 0 unspecified atom stereocenters. The maximum Gasteiger partial charge on any atom is 0.309 e. The van der Waals surface area contributed by atoms with Gasteiger partial charge in [0.1, 0.15) is 11.6 Å². The SMILES string of the molecule is CC(C)(CCCOc1ccc(-c2nc3ccccc3n2Cc2ccccc2)cc1)C(=O)O. The third-order valence-corrected chi connectivity index (χ3v) is 5.74. The van der Waals surface area contributed by atoms with Gasteiger partial charge in [0.05, 0.1) is 23.1 Å². The van der Waals surface area contributed by atoms with Crippen LogP contribution in [0.1, 0.15) is 32.3 Å². The standard InChI is InChI=1S/C27H28N2O3/c1-27(2,26(30)31)17-8-18-32-22-15-13-21(14-16-22)25-28-23-11-6-7-12-24(23)29(25)19-20-9-4-3-5-10-20/h3-7,9-16H,8,17-19H2,1-2H3,(H,30,31). The van der Waals surface area contributed by atoms with Crippen molar-refractivity contribution >= 4 is 17.0 Å². The number of carboxylic acids is 1. The minimum absolute atomic E-state index is 0.489. The largest absolute Gasteiger partial charge is 0.494 e. The number of aliphatic carboxylic acids is 1. The monoisotopic (exact) mass is 428 g/mol. The molecule has 0 bridgehead atoms. The number of hydrogen-bond donors (Lipinski definition) is 1. The summed E-state index contributed by atoms with van der Waals surface area (Å²) in [6.07, 6.45) is 1.26. The van der Waals surface area contributed by atoms with Gasteiger partial charge >= 0.3 is 5.97 Å². The van der Waals surface area contributed by atoms with Gasteiger partial charge in [0.25, 0.3) is 0 Å². The van der Waals surface area contributed by atoms with E-state index in [-0.39, 0.29) is 0 Å². The summed E-state index contributed by atoms with van der Waals surface area (Å²) in [7, 11) is 0. The smallest absolute Gasteiger partial charge is 0.309 e. The van der Waals surface area contributed by atoms with E-state index in [9.17, 15) is 9.90 Å². The molecule has 0 saturated carbocycles. The Bertz CT molecular complexity index is 1190. The zero-order valence-corrected chi connectivity index (χ0v) is 18.5. The van der Waals surface area contributed by atoms with E-state index in [1.807, 2.05) is 48.5 Å². The van der Waals surface area contributed by atoms with Crippen LogP contribution in [0.25, 0.3) is 22.4 Å². The Kier molecular flexibility index (Phi) is 6.26.